The molecule has 1 fully saturated rings. The van der Waals surface area contributed by atoms with E-state index in [1.54, 1.807) is 20.8 Å². The molecule has 0 saturated carbocycles. The van der Waals surface area contributed by atoms with Gasteiger partial charge in [-0.3, -0.25) is 4.79 Å². The van der Waals surface area contributed by atoms with E-state index in [0.717, 1.165) is 5.56 Å². The van der Waals surface area contributed by atoms with Crippen molar-refractivity contribution in [3.8, 4) is 0 Å². The number of hydrogen-bond donors (Lipinski definition) is 1. The van der Waals surface area contributed by atoms with Crippen LogP contribution in [-0.4, -0.2) is 36.3 Å². The largest absolute Gasteiger partial charge is 0.459 e. The summed E-state index contributed by atoms with van der Waals surface area (Å²) in [6, 6.07) is 9.46. The lowest BCUT2D eigenvalue weighted by Crippen LogP contribution is -2.37. The predicted octanol–water partition coefficient (Wildman–Crippen LogP) is 2.10. The van der Waals surface area contributed by atoms with Crippen molar-refractivity contribution in [2.24, 2.45) is 5.41 Å². The summed E-state index contributed by atoms with van der Waals surface area (Å²) in [6.07, 6.45) is -0.825. The van der Waals surface area contributed by atoms with Crippen LogP contribution in [-0.2, 0) is 20.9 Å². The van der Waals surface area contributed by atoms with E-state index in [1.165, 1.54) is 5.01 Å². The summed E-state index contributed by atoms with van der Waals surface area (Å²) in [5, 5.41) is 1.34. The molecule has 1 aromatic carbocycles. The van der Waals surface area contributed by atoms with Crippen LogP contribution in [0.4, 0.5) is 4.79 Å². The molecule has 1 aliphatic heterocycles. The number of nitrogens with zero attached hydrogens (tertiary/aromatic N) is 1. The molecule has 6 heteroatoms. The summed E-state index contributed by atoms with van der Waals surface area (Å²) < 4.78 is 10.6. The SMILES string of the molecule is CC(C)(C)C(=O)OC1CNN(C(=O)OCc2ccccc2)C1. The van der Waals surface area contributed by atoms with E-state index in [4.69, 9.17) is 9.47 Å². The molecule has 0 aliphatic carbocycles. The third-order valence-electron chi connectivity index (χ3n) is 3.21. The molecule has 1 heterocycles. The Hall–Kier alpha value is -2.08. The second-order valence-electron chi connectivity index (χ2n) is 6.29. The summed E-state index contributed by atoms with van der Waals surface area (Å²) >= 11 is 0. The van der Waals surface area contributed by atoms with Gasteiger partial charge in [0.15, 0.2) is 0 Å². The number of ether oxygens (including phenoxy) is 2. The van der Waals surface area contributed by atoms with Crippen LogP contribution >= 0.6 is 0 Å². The molecule has 1 aromatic rings. The van der Waals surface area contributed by atoms with Gasteiger partial charge >= 0.3 is 12.1 Å². The smallest absolute Gasteiger partial charge is 0.424 e. The minimum Gasteiger partial charge on any atom is -0.459 e. The van der Waals surface area contributed by atoms with Crippen molar-refractivity contribution < 1.29 is 19.1 Å². The molecule has 1 saturated heterocycles. The summed E-state index contributed by atoms with van der Waals surface area (Å²) in [4.78, 5) is 23.8. The molecule has 0 bridgehead atoms. The van der Waals surface area contributed by atoms with Crippen LogP contribution < -0.4 is 5.43 Å². The first-order valence-corrected chi connectivity index (χ1v) is 7.29. The van der Waals surface area contributed by atoms with Crippen molar-refractivity contribution in [2.75, 3.05) is 13.1 Å². The van der Waals surface area contributed by atoms with Crippen LogP contribution in [0.1, 0.15) is 26.3 Å². The van der Waals surface area contributed by atoms with E-state index in [2.05, 4.69) is 5.43 Å². The number of carbonyl (C=O) groups excluding carboxylic acids is 2. The number of benzene rings is 1. The van der Waals surface area contributed by atoms with Gasteiger partial charge in [-0.2, -0.15) is 0 Å². The van der Waals surface area contributed by atoms with Gasteiger partial charge in [0.1, 0.15) is 12.7 Å². The number of carbonyl (C=O) groups is 2. The first kappa shape index (κ1) is 16.3. The molecule has 120 valence electrons. The first-order valence-electron chi connectivity index (χ1n) is 7.29. The van der Waals surface area contributed by atoms with E-state index in [1.807, 2.05) is 30.3 Å². The van der Waals surface area contributed by atoms with Gasteiger partial charge in [0.25, 0.3) is 0 Å². The Balaban J connectivity index is 1.78. The van der Waals surface area contributed by atoms with Gasteiger partial charge in [0.05, 0.1) is 18.5 Å². The number of nitrogens with one attached hydrogen (secondary N) is 1. The van der Waals surface area contributed by atoms with Crippen LogP contribution in [0.3, 0.4) is 0 Å². The van der Waals surface area contributed by atoms with Crippen LogP contribution in [0, 0.1) is 5.41 Å². The van der Waals surface area contributed by atoms with Gasteiger partial charge in [-0.1, -0.05) is 30.3 Å². The standard InChI is InChI=1S/C16H22N2O4/c1-16(2,3)14(19)22-13-9-17-18(10-13)15(20)21-11-12-7-5-4-6-8-12/h4-8,13,17H,9-11H2,1-3H3. The van der Waals surface area contributed by atoms with Crippen molar-refractivity contribution >= 4 is 12.1 Å². The normalized spacial score (nSPS) is 18.1. The van der Waals surface area contributed by atoms with Crippen LogP contribution in [0.5, 0.6) is 0 Å². The Labute approximate surface area is 130 Å². The van der Waals surface area contributed by atoms with Gasteiger partial charge in [-0.25, -0.2) is 15.2 Å². The summed E-state index contributed by atoms with van der Waals surface area (Å²) in [7, 11) is 0. The molecular weight excluding hydrogens is 284 g/mol. The van der Waals surface area contributed by atoms with Crippen molar-refractivity contribution in [2.45, 2.75) is 33.5 Å². The molecule has 1 N–H and O–H groups in total. The van der Waals surface area contributed by atoms with E-state index in [0.29, 0.717) is 6.54 Å². The molecule has 2 rings (SSSR count). The van der Waals surface area contributed by atoms with Gasteiger partial charge < -0.3 is 9.47 Å². The van der Waals surface area contributed by atoms with Crippen molar-refractivity contribution in [3.05, 3.63) is 35.9 Å². The van der Waals surface area contributed by atoms with E-state index in [9.17, 15) is 9.59 Å². The summed E-state index contributed by atoms with van der Waals surface area (Å²) in [6.45, 7) is 6.29. The highest BCUT2D eigenvalue weighted by molar-refractivity contribution is 5.75. The zero-order valence-corrected chi connectivity index (χ0v) is 13.2. The van der Waals surface area contributed by atoms with Gasteiger partial charge in [0.2, 0.25) is 0 Å². The summed E-state index contributed by atoms with van der Waals surface area (Å²) in [5.41, 5.74) is 3.25. The molecule has 0 radical (unpaired) electrons. The van der Waals surface area contributed by atoms with Gasteiger partial charge in [0, 0.05) is 0 Å². The van der Waals surface area contributed by atoms with Crippen LogP contribution in [0.15, 0.2) is 30.3 Å². The Bertz CT molecular complexity index is 525. The lowest BCUT2D eigenvalue weighted by atomic mass is 9.97. The molecule has 6 nitrogen and oxygen atoms in total. The highest BCUT2D eigenvalue weighted by Crippen LogP contribution is 2.17. The van der Waals surface area contributed by atoms with Crippen molar-refractivity contribution in [1.82, 2.24) is 10.4 Å². The molecule has 1 amide bonds. The second-order valence-corrected chi connectivity index (χ2v) is 6.29. The fourth-order valence-electron chi connectivity index (χ4n) is 1.89. The highest BCUT2D eigenvalue weighted by atomic mass is 16.6. The van der Waals surface area contributed by atoms with E-state index >= 15 is 0 Å². The zero-order valence-electron chi connectivity index (χ0n) is 13.2. The Morgan fingerprint density at radius 2 is 1.95 bits per heavy atom. The Kier molecular flexibility index (Phi) is 5.03. The highest BCUT2D eigenvalue weighted by Gasteiger charge is 2.32. The van der Waals surface area contributed by atoms with Crippen LogP contribution in [0.25, 0.3) is 0 Å². The molecule has 1 atom stereocenters. The maximum absolute atomic E-state index is 11.9. The van der Waals surface area contributed by atoms with Gasteiger partial charge in [-0.15, -0.1) is 0 Å². The minimum absolute atomic E-state index is 0.213. The molecule has 0 aromatic heterocycles. The van der Waals surface area contributed by atoms with Crippen molar-refractivity contribution in [1.29, 1.82) is 0 Å². The molecule has 1 aliphatic rings. The number of rotatable bonds is 3. The topological polar surface area (TPSA) is 67.9 Å². The number of hydrogen-bond acceptors (Lipinski definition) is 5. The fraction of sp³-hybridized carbons (Fsp3) is 0.500. The lowest BCUT2D eigenvalue weighted by Gasteiger charge is -2.20. The maximum atomic E-state index is 11.9. The first-order chi connectivity index (χ1) is 10.4. The van der Waals surface area contributed by atoms with E-state index in [-0.39, 0.29) is 25.2 Å². The number of amides is 1. The lowest BCUT2D eigenvalue weighted by molar-refractivity contribution is -0.157. The number of esters is 1. The van der Waals surface area contributed by atoms with Crippen LogP contribution in [0.2, 0.25) is 0 Å². The molecular formula is C16H22N2O4. The minimum atomic E-state index is -0.554. The average Bonchev–Trinajstić information content (AvgIpc) is 2.93. The molecule has 1 unspecified atom stereocenters. The quantitative estimate of drug-likeness (QED) is 0.866. The number of hydrazine groups is 1. The monoisotopic (exact) mass is 306 g/mol. The Morgan fingerprint density at radius 3 is 2.59 bits per heavy atom. The average molecular weight is 306 g/mol. The van der Waals surface area contributed by atoms with E-state index < -0.39 is 11.5 Å². The molecule has 22 heavy (non-hydrogen) atoms. The third kappa shape index (κ3) is 4.46. The molecule has 0 spiro atoms. The van der Waals surface area contributed by atoms with Crippen molar-refractivity contribution in [3.63, 3.8) is 0 Å². The fourth-order valence-corrected chi connectivity index (χ4v) is 1.89. The summed E-state index contributed by atoms with van der Waals surface area (Å²) in [5.74, 6) is -0.279. The Morgan fingerprint density at radius 1 is 1.27 bits per heavy atom. The maximum Gasteiger partial charge on any atom is 0.424 e. The third-order valence-corrected chi connectivity index (χ3v) is 3.21. The second kappa shape index (κ2) is 6.79. The zero-order chi connectivity index (χ0) is 16.2. The van der Waals surface area contributed by atoms with Gasteiger partial charge in [-0.05, 0) is 26.3 Å². The predicted molar refractivity (Wildman–Crippen MR) is 80.7 cm³/mol.